The smallest absolute Gasteiger partial charge is 0.542 e. The molecule has 22 heteroatoms. The van der Waals surface area contributed by atoms with Crippen molar-refractivity contribution in [2.24, 2.45) is 0 Å². The van der Waals surface area contributed by atoms with E-state index in [1.807, 2.05) is 0 Å². The zero-order valence-corrected chi connectivity index (χ0v) is 16.6. The number of carbonyl (C=O) groups excluding carboxylic acids is 4. The minimum atomic E-state index is -5.19. The summed E-state index contributed by atoms with van der Waals surface area (Å²) in [5, 5.41) is 35.1. The van der Waals surface area contributed by atoms with Gasteiger partial charge in [-0.15, -0.1) is 0 Å². The van der Waals surface area contributed by atoms with Gasteiger partial charge in [0, 0.05) is 0 Å². The van der Waals surface area contributed by atoms with Crippen LogP contribution in [0.1, 0.15) is 0 Å². The second-order valence-corrected chi connectivity index (χ2v) is 3.14. The van der Waals surface area contributed by atoms with Crippen LogP contribution in [0, 0.1) is 0 Å². The SMILES string of the molecule is O=C([O-])C(F)(F)F.O=C([O-])C(F)(F)F.O=C([O-])C(F)(F)F.O=C([O-])C(F)(F)F.[Mo+2].[Mo+2]. The average molecular weight is 644 g/mol. The second-order valence-electron chi connectivity index (χ2n) is 3.14. The van der Waals surface area contributed by atoms with Gasteiger partial charge in [-0.25, -0.2) is 0 Å². The summed E-state index contributed by atoms with van der Waals surface area (Å²) in [5.74, 6) is -12.0. The van der Waals surface area contributed by atoms with Gasteiger partial charge in [0.25, 0.3) is 0 Å². The van der Waals surface area contributed by atoms with Crippen LogP contribution in [0.3, 0.4) is 0 Å². The van der Waals surface area contributed by atoms with Gasteiger partial charge >= 0.3 is 66.8 Å². The van der Waals surface area contributed by atoms with E-state index in [-0.39, 0.29) is 42.1 Å². The van der Waals surface area contributed by atoms with Crippen molar-refractivity contribution in [3.8, 4) is 0 Å². The molecule has 0 bridgehead atoms. The van der Waals surface area contributed by atoms with Crippen molar-refractivity contribution in [2.45, 2.75) is 24.7 Å². The van der Waals surface area contributed by atoms with Gasteiger partial charge in [0.05, 0.1) is 0 Å². The Labute approximate surface area is 183 Å². The van der Waals surface area contributed by atoms with Gasteiger partial charge in [0.2, 0.25) is 0 Å². The Balaban J connectivity index is -0.0000000626. The first-order valence-electron chi connectivity index (χ1n) is 4.90. The summed E-state index contributed by atoms with van der Waals surface area (Å²) in [6, 6.07) is 0. The van der Waals surface area contributed by atoms with Gasteiger partial charge in [0.1, 0.15) is 23.9 Å². The minimum absolute atomic E-state index is 0. The summed E-state index contributed by atoms with van der Waals surface area (Å²) in [7, 11) is 0. The molecule has 8 nitrogen and oxygen atoms in total. The van der Waals surface area contributed by atoms with Crippen LogP contribution in [-0.2, 0) is 61.3 Å². The van der Waals surface area contributed by atoms with Crippen molar-refractivity contribution >= 4 is 23.9 Å². The van der Waals surface area contributed by atoms with Gasteiger partial charge in [-0.3, -0.25) is 0 Å². The zero-order chi connectivity index (χ0) is 24.3. The molecule has 0 rings (SSSR count). The Hall–Kier alpha value is -1.58. The number of aliphatic carboxylic acids is 4. The Bertz CT molecular complexity index is 440. The molecule has 0 unspecified atom stereocenters. The van der Waals surface area contributed by atoms with Crippen molar-refractivity contribution in [3.63, 3.8) is 0 Å². The van der Waals surface area contributed by atoms with Crippen LogP contribution >= 0.6 is 0 Å². The molecule has 0 aliphatic carbocycles. The van der Waals surface area contributed by atoms with E-state index in [1.165, 1.54) is 0 Å². The van der Waals surface area contributed by atoms with E-state index in [4.69, 9.17) is 39.6 Å². The number of carbonyl (C=O) groups is 4. The fourth-order valence-corrected chi connectivity index (χ4v) is 0. The number of carboxylic acid groups (broad SMARTS) is 4. The van der Waals surface area contributed by atoms with Gasteiger partial charge in [-0.05, 0) is 0 Å². The van der Waals surface area contributed by atoms with Crippen LogP contribution in [0.4, 0.5) is 52.7 Å². The van der Waals surface area contributed by atoms with E-state index in [9.17, 15) is 52.7 Å². The Morgan fingerprint density at radius 3 is 0.400 bits per heavy atom. The predicted molar refractivity (Wildman–Crippen MR) is 44.2 cm³/mol. The standard InChI is InChI=1S/4C2HF3O2.2Mo/c4*3-2(4,5)1(6)7;;/h4*(H,6,7);;/q;;;;2*+2/p-4. The summed E-state index contributed by atoms with van der Waals surface area (Å²) in [4.78, 5) is 35.1. The third-order valence-electron chi connectivity index (χ3n) is 0.926. The fourth-order valence-electron chi connectivity index (χ4n) is 0. The quantitative estimate of drug-likeness (QED) is 0.202. The molecular weight excluding hydrogens is 644 g/mol. The molecular formula is C8F12Mo2O8. The zero-order valence-electron chi connectivity index (χ0n) is 12.6. The van der Waals surface area contributed by atoms with Crippen molar-refractivity contribution < 1.29 is 134 Å². The number of halogens is 12. The third kappa shape index (κ3) is 34.0. The van der Waals surface area contributed by atoms with Gasteiger partial charge in [-0.1, -0.05) is 0 Å². The van der Waals surface area contributed by atoms with Crippen LogP contribution in [0.2, 0.25) is 0 Å². The van der Waals surface area contributed by atoms with Crippen molar-refractivity contribution in [1.29, 1.82) is 0 Å². The summed E-state index contributed by atoms with van der Waals surface area (Å²) in [5.41, 5.74) is 0. The topological polar surface area (TPSA) is 161 Å². The van der Waals surface area contributed by atoms with Crippen molar-refractivity contribution in [3.05, 3.63) is 0 Å². The molecule has 0 saturated carbocycles. The maximum atomic E-state index is 10.5. The van der Waals surface area contributed by atoms with E-state index in [0.717, 1.165) is 0 Å². The number of alkyl halides is 12. The number of carboxylic acids is 4. The molecule has 0 aliphatic rings. The molecule has 0 aliphatic heterocycles. The van der Waals surface area contributed by atoms with Crippen LogP contribution in [-0.4, -0.2) is 48.6 Å². The Kier molecular flexibility index (Phi) is 22.9. The maximum absolute atomic E-state index is 10.5. The molecule has 0 amide bonds. The first-order valence-corrected chi connectivity index (χ1v) is 4.90. The molecule has 0 saturated heterocycles. The summed E-state index contributed by atoms with van der Waals surface area (Å²) in [6.45, 7) is 0. The van der Waals surface area contributed by atoms with E-state index in [0.29, 0.717) is 0 Å². The largest absolute Gasteiger partial charge is 2.00 e. The Morgan fingerprint density at radius 1 is 0.367 bits per heavy atom. The van der Waals surface area contributed by atoms with Crippen LogP contribution in [0.15, 0.2) is 0 Å². The van der Waals surface area contributed by atoms with E-state index >= 15 is 0 Å². The number of rotatable bonds is 0. The Morgan fingerprint density at radius 2 is 0.400 bits per heavy atom. The van der Waals surface area contributed by atoms with Crippen LogP contribution in [0.25, 0.3) is 0 Å². The molecule has 0 N–H and O–H groups in total. The molecule has 0 spiro atoms. The predicted octanol–water partition coefficient (Wildman–Crippen LogP) is -2.81. The van der Waals surface area contributed by atoms with Crippen molar-refractivity contribution in [2.75, 3.05) is 0 Å². The van der Waals surface area contributed by atoms with E-state index in [1.54, 1.807) is 0 Å². The average Bonchev–Trinajstić information content (AvgIpc) is 2.35. The summed E-state index contributed by atoms with van der Waals surface area (Å²) in [6.07, 6.45) is -20.8. The molecule has 0 radical (unpaired) electrons. The molecule has 0 atom stereocenters. The van der Waals surface area contributed by atoms with E-state index in [2.05, 4.69) is 0 Å². The fraction of sp³-hybridized carbons (Fsp3) is 0.500. The number of hydrogen-bond donors (Lipinski definition) is 0. The summed E-state index contributed by atoms with van der Waals surface area (Å²) >= 11 is 0. The molecule has 0 aromatic heterocycles. The second kappa shape index (κ2) is 16.2. The molecule has 30 heavy (non-hydrogen) atoms. The van der Waals surface area contributed by atoms with E-state index < -0.39 is 48.6 Å². The first kappa shape index (κ1) is 42.5. The third-order valence-corrected chi connectivity index (χ3v) is 0.926. The summed E-state index contributed by atoms with van der Waals surface area (Å²) < 4.78 is 126. The van der Waals surface area contributed by atoms with Gasteiger partial charge < -0.3 is 39.6 Å². The van der Waals surface area contributed by atoms with Gasteiger partial charge in [-0.2, -0.15) is 52.7 Å². The molecule has 0 aromatic carbocycles. The van der Waals surface area contributed by atoms with Crippen LogP contribution < -0.4 is 20.4 Å². The minimum Gasteiger partial charge on any atom is -0.542 e. The van der Waals surface area contributed by atoms with Gasteiger partial charge in [0.15, 0.2) is 0 Å². The number of hydrogen-bond acceptors (Lipinski definition) is 8. The molecule has 0 heterocycles. The normalized spacial score (nSPS) is 10.5. The monoisotopic (exact) mass is 648 g/mol. The van der Waals surface area contributed by atoms with Crippen molar-refractivity contribution in [1.82, 2.24) is 0 Å². The maximum Gasteiger partial charge on any atom is 2.00 e. The molecule has 176 valence electrons. The molecule has 0 fully saturated rings. The molecule has 0 aromatic rings. The van der Waals surface area contributed by atoms with Crippen LogP contribution in [0.5, 0.6) is 0 Å². The first-order chi connectivity index (χ1) is 11.8.